The van der Waals surface area contributed by atoms with Crippen molar-refractivity contribution in [2.24, 2.45) is 7.05 Å². The quantitative estimate of drug-likeness (QED) is 0.811. The van der Waals surface area contributed by atoms with Crippen molar-refractivity contribution in [1.29, 1.82) is 0 Å². The van der Waals surface area contributed by atoms with Gasteiger partial charge in [-0.25, -0.2) is 17.8 Å². The fraction of sp³-hybridized carbons (Fsp3) is 0.400. The van der Waals surface area contributed by atoms with Gasteiger partial charge in [0.15, 0.2) is 0 Å². The van der Waals surface area contributed by atoms with Gasteiger partial charge in [-0.1, -0.05) is 0 Å². The van der Waals surface area contributed by atoms with Gasteiger partial charge < -0.3 is 9.88 Å². The SMILES string of the molecule is Cn1ccnc1C1CNCCN1S(=O)(=O)c1ccc(C(F)(F)F)c(F)c1. The van der Waals surface area contributed by atoms with Gasteiger partial charge in [0.1, 0.15) is 11.6 Å². The number of hydrogen-bond acceptors (Lipinski definition) is 4. The highest BCUT2D eigenvalue weighted by molar-refractivity contribution is 7.89. The number of benzene rings is 1. The highest BCUT2D eigenvalue weighted by atomic mass is 32.2. The Morgan fingerprint density at radius 2 is 2.04 bits per heavy atom. The largest absolute Gasteiger partial charge is 0.419 e. The average Bonchev–Trinajstić information content (AvgIpc) is 2.99. The maximum atomic E-state index is 13.8. The fourth-order valence-electron chi connectivity index (χ4n) is 2.91. The molecule has 6 nitrogen and oxygen atoms in total. The lowest BCUT2D eigenvalue weighted by Crippen LogP contribution is -2.49. The second-order valence-electron chi connectivity index (χ2n) is 5.87. The first kappa shape index (κ1) is 18.8. The standard InChI is InChI=1S/C15H16F4N4O2S/c1-22-6-5-21-14(22)13-9-20-4-7-23(13)26(24,25)10-2-3-11(12(16)8-10)15(17,18)19/h2-3,5-6,8,13,20H,4,7,9H2,1H3. The normalized spacial score (nSPS) is 19.7. The van der Waals surface area contributed by atoms with E-state index in [-0.39, 0.29) is 13.1 Å². The van der Waals surface area contributed by atoms with Gasteiger partial charge in [-0.3, -0.25) is 0 Å². The first-order valence-electron chi connectivity index (χ1n) is 7.69. The minimum Gasteiger partial charge on any atom is -0.337 e. The Labute approximate surface area is 147 Å². The summed E-state index contributed by atoms with van der Waals surface area (Å²) in [5.41, 5.74) is -1.50. The Kier molecular flexibility index (Phi) is 4.80. The number of hydrogen-bond donors (Lipinski definition) is 1. The summed E-state index contributed by atoms with van der Waals surface area (Å²) in [5, 5.41) is 3.06. The molecule has 1 aromatic carbocycles. The third kappa shape index (κ3) is 3.33. The second kappa shape index (κ2) is 6.63. The molecule has 1 aliphatic heterocycles. The number of halogens is 4. The maximum Gasteiger partial charge on any atom is 0.419 e. The number of aromatic nitrogens is 2. The van der Waals surface area contributed by atoms with Crippen LogP contribution >= 0.6 is 0 Å². The van der Waals surface area contributed by atoms with Crippen molar-refractivity contribution in [3.05, 3.63) is 47.8 Å². The van der Waals surface area contributed by atoms with E-state index in [0.29, 0.717) is 24.5 Å². The predicted octanol–water partition coefficient (Wildman–Crippen LogP) is 1.91. The third-order valence-electron chi connectivity index (χ3n) is 4.20. The van der Waals surface area contributed by atoms with E-state index in [4.69, 9.17) is 0 Å². The molecule has 26 heavy (non-hydrogen) atoms. The molecule has 0 aliphatic carbocycles. The molecule has 0 spiro atoms. The topological polar surface area (TPSA) is 67.2 Å². The summed E-state index contributed by atoms with van der Waals surface area (Å²) >= 11 is 0. The molecule has 1 aromatic heterocycles. The molecule has 1 atom stereocenters. The molecule has 11 heteroatoms. The van der Waals surface area contributed by atoms with E-state index >= 15 is 0 Å². The Bertz CT molecular complexity index is 911. The van der Waals surface area contributed by atoms with Crippen LogP contribution in [0.5, 0.6) is 0 Å². The van der Waals surface area contributed by atoms with Gasteiger partial charge in [0.2, 0.25) is 10.0 Å². The molecule has 0 amide bonds. The highest BCUT2D eigenvalue weighted by Crippen LogP contribution is 2.34. The van der Waals surface area contributed by atoms with E-state index in [1.54, 1.807) is 17.8 Å². The molecule has 0 radical (unpaired) electrons. The smallest absolute Gasteiger partial charge is 0.337 e. The lowest BCUT2D eigenvalue weighted by Gasteiger charge is -2.34. The van der Waals surface area contributed by atoms with Crippen LogP contribution in [-0.4, -0.2) is 41.9 Å². The number of nitrogens with zero attached hydrogens (tertiary/aromatic N) is 3. The van der Waals surface area contributed by atoms with E-state index in [1.165, 1.54) is 6.20 Å². The van der Waals surface area contributed by atoms with Crippen LogP contribution in [0.2, 0.25) is 0 Å². The van der Waals surface area contributed by atoms with E-state index < -0.39 is 38.5 Å². The second-order valence-corrected chi connectivity index (χ2v) is 7.76. The number of piperazine rings is 1. The number of imidazole rings is 1. The molecule has 142 valence electrons. The van der Waals surface area contributed by atoms with Gasteiger partial charge in [0.05, 0.1) is 16.5 Å². The molecular formula is C15H16F4N4O2S. The van der Waals surface area contributed by atoms with E-state index in [1.807, 2.05) is 0 Å². The zero-order chi connectivity index (χ0) is 19.1. The lowest BCUT2D eigenvalue weighted by atomic mass is 10.2. The molecule has 2 heterocycles. The molecule has 0 saturated carbocycles. The zero-order valence-electron chi connectivity index (χ0n) is 13.7. The number of alkyl halides is 3. The highest BCUT2D eigenvalue weighted by Gasteiger charge is 2.38. The number of rotatable bonds is 3. The Morgan fingerprint density at radius 1 is 1.31 bits per heavy atom. The summed E-state index contributed by atoms with van der Waals surface area (Å²) in [6.45, 7) is 0.735. The van der Waals surface area contributed by atoms with E-state index in [2.05, 4.69) is 10.3 Å². The molecule has 2 aromatic rings. The van der Waals surface area contributed by atoms with Crippen LogP contribution in [0.3, 0.4) is 0 Å². The van der Waals surface area contributed by atoms with Crippen LogP contribution in [-0.2, 0) is 23.2 Å². The summed E-state index contributed by atoms with van der Waals surface area (Å²) in [6, 6.07) is 0.980. The van der Waals surface area contributed by atoms with Crippen LogP contribution < -0.4 is 5.32 Å². The first-order chi connectivity index (χ1) is 12.1. The molecular weight excluding hydrogens is 376 g/mol. The van der Waals surface area contributed by atoms with Crippen molar-refractivity contribution >= 4 is 10.0 Å². The van der Waals surface area contributed by atoms with Gasteiger partial charge in [-0.2, -0.15) is 17.5 Å². The zero-order valence-corrected chi connectivity index (χ0v) is 14.5. The molecule has 1 aliphatic rings. The van der Waals surface area contributed by atoms with Crippen molar-refractivity contribution in [2.45, 2.75) is 17.1 Å². The molecule has 0 bridgehead atoms. The van der Waals surface area contributed by atoms with Crippen LogP contribution in [0.1, 0.15) is 17.4 Å². The van der Waals surface area contributed by atoms with Crippen molar-refractivity contribution in [3.63, 3.8) is 0 Å². The maximum absolute atomic E-state index is 13.8. The van der Waals surface area contributed by atoms with Crippen molar-refractivity contribution in [3.8, 4) is 0 Å². The monoisotopic (exact) mass is 392 g/mol. The average molecular weight is 392 g/mol. The molecule has 3 rings (SSSR count). The Hall–Kier alpha value is -1.98. The molecule has 1 saturated heterocycles. The fourth-order valence-corrected chi connectivity index (χ4v) is 4.51. The van der Waals surface area contributed by atoms with Crippen LogP contribution in [0.15, 0.2) is 35.5 Å². The van der Waals surface area contributed by atoms with Crippen LogP contribution in [0.25, 0.3) is 0 Å². The first-order valence-corrected chi connectivity index (χ1v) is 9.13. The minimum atomic E-state index is -4.89. The molecule has 1 fully saturated rings. The Morgan fingerprint density at radius 3 is 2.62 bits per heavy atom. The van der Waals surface area contributed by atoms with E-state index in [9.17, 15) is 26.0 Å². The third-order valence-corrected chi connectivity index (χ3v) is 6.11. The van der Waals surface area contributed by atoms with E-state index in [0.717, 1.165) is 10.4 Å². The summed E-state index contributed by atoms with van der Waals surface area (Å²) in [6.07, 6.45) is -1.71. The van der Waals surface area contributed by atoms with Gasteiger partial charge in [0.25, 0.3) is 0 Å². The Balaban J connectivity index is 2.01. The van der Waals surface area contributed by atoms with Gasteiger partial charge in [-0.15, -0.1) is 0 Å². The van der Waals surface area contributed by atoms with Crippen molar-refractivity contribution in [1.82, 2.24) is 19.2 Å². The summed E-state index contributed by atoms with van der Waals surface area (Å²) in [5.74, 6) is -1.14. The summed E-state index contributed by atoms with van der Waals surface area (Å²) in [7, 11) is -2.50. The number of aryl methyl sites for hydroxylation is 1. The van der Waals surface area contributed by atoms with Crippen LogP contribution in [0.4, 0.5) is 17.6 Å². The van der Waals surface area contributed by atoms with Crippen molar-refractivity contribution in [2.75, 3.05) is 19.6 Å². The number of sulfonamides is 1. The molecule has 1 N–H and O–H groups in total. The molecule has 1 unspecified atom stereocenters. The summed E-state index contributed by atoms with van der Waals surface area (Å²) < 4.78 is 80.6. The van der Waals surface area contributed by atoms with Gasteiger partial charge >= 0.3 is 6.18 Å². The van der Waals surface area contributed by atoms with Crippen molar-refractivity contribution < 1.29 is 26.0 Å². The van der Waals surface area contributed by atoms with Gasteiger partial charge in [0, 0.05) is 39.1 Å². The summed E-state index contributed by atoms with van der Waals surface area (Å²) in [4.78, 5) is 3.63. The van der Waals surface area contributed by atoms with Gasteiger partial charge in [-0.05, 0) is 18.2 Å². The minimum absolute atomic E-state index is 0.0858. The number of nitrogens with one attached hydrogen (secondary N) is 1. The van der Waals surface area contributed by atoms with Crippen LogP contribution in [0, 0.1) is 5.82 Å². The predicted molar refractivity (Wildman–Crippen MR) is 84.1 cm³/mol. The lowest BCUT2D eigenvalue weighted by molar-refractivity contribution is -0.140.